The number of hydrogen-bond acceptors (Lipinski definition) is 3. The summed E-state index contributed by atoms with van der Waals surface area (Å²) in [5, 5.41) is 0. The van der Waals surface area contributed by atoms with Crippen LogP contribution in [0.4, 0.5) is 5.69 Å². The van der Waals surface area contributed by atoms with Gasteiger partial charge in [0.1, 0.15) is 11.4 Å². The van der Waals surface area contributed by atoms with Gasteiger partial charge in [0, 0.05) is 17.7 Å². The summed E-state index contributed by atoms with van der Waals surface area (Å²) in [4.78, 5) is 0. The Kier molecular flexibility index (Phi) is 3.13. The molecule has 0 saturated heterocycles. The maximum Gasteiger partial charge on any atom is 0.169 e. The summed E-state index contributed by atoms with van der Waals surface area (Å²) in [7, 11) is 0. The second-order valence-corrected chi connectivity index (χ2v) is 6.43. The van der Waals surface area contributed by atoms with Gasteiger partial charge in [0.05, 0.1) is 4.47 Å². The molecule has 0 aliphatic carbocycles. The third-order valence-electron chi connectivity index (χ3n) is 3.23. The van der Waals surface area contributed by atoms with Crippen molar-refractivity contribution in [2.24, 2.45) is 0 Å². The zero-order valence-corrected chi connectivity index (χ0v) is 13.0. The van der Waals surface area contributed by atoms with Crippen molar-refractivity contribution in [3.05, 3.63) is 46.4 Å². The van der Waals surface area contributed by atoms with E-state index in [1.54, 1.807) is 0 Å². The van der Waals surface area contributed by atoms with Crippen LogP contribution in [0.3, 0.4) is 0 Å². The van der Waals surface area contributed by atoms with E-state index in [2.05, 4.69) is 35.8 Å². The van der Waals surface area contributed by atoms with Crippen LogP contribution in [0.2, 0.25) is 0 Å². The first-order chi connectivity index (χ1) is 9.44. The molecule has 0 atom stereocenters. The molecular weight excluding hydrogens is 318 g/mol. The maximum absolute atomic E-state index is 6.00. The normalized spacial score (nSPS) is 15.6. The van der Waals surface area contributed by atoms with Crippen molar-refractivity contribution in [3.63, 3.8) is 0 Å². The minimum Gasteiger partial charge on any atom is -0.483 e. The van der Waals surface area contributed by atoms with Crippen molar-refractivity contribution in [2.45, 2.75) is 25.9 Å². The van der Waals surface area contributed by atoms with E-state index in [4.69, 9.17) is 15.2 Å². The number of para-hydroxylation sites is 1. The van der Waals surface area contributed by atoms with Gasteiger partial charge >= 0.3 is 0 Å². The lowest BCUT2D eigenvalue weighted by Crippen LogP contribution is -2.24. The Labute approximate surface area is 126 Å². The van der Waals surface area contributed by atoms with Gasteiger partial charge in [-0.2, -0.15) is 0 Å². The highest BCUT2D eigenvalue weighted by atomic mass is 79.9. The van der Waals surface area contributed by atoms with Gasteiger partial charge in [-0.15, -0.1) is 0 Å². The van der Waals surface area contributed by atoms with Gasteiger partial charge in [-0.25, -0.2) is 0 Å². The molecule has 0 radical (unpaired) electrons. The molecule has 104 valence electrons. The summed E-state index contributed by atoms with van der Waals surface area (Å²) in [6.07, 6.45) is 0.891. The predicted molar refractivity (Wildman–Crippen MR) is 83.5 cm³/mol. The van der Waals surface area contributed by atoms with Crippen LogP contribution >= 0.6 is 15.9 Å². The van der Waals surface area contributed by atoms with Gasteiger partial charge in [-0.3, -0.25) is 0 Å². The number of nitrogen functional groups attached to an aromatic ring is 1. The third kappa shape index (κ3) is 2.48. The zero-order valence-electron chi connectivity index (χ0n) is 11.4. The van der Waals surface area contributed by atoms with Crippen molar-refractivity contribution in [3.8, 4) is 17.2 Å². The average molecular weight is 334 g/mol. The van der Waals surface area contributed by atoms with Crippen LogP contribution in [0.15, 0.2) is 40.9 Å². The molecule has 2 aromatic rings. The minimum absolute atomic E-state index is 0.180. The molecule has 3 nitrogen and oxygen atoms in total. The van der Waals surface area contributed by atoms with Crippen molar-refractivity contribution in [1.29, 1.82) is 0 Å². The molecule has 0 saturated carbocycles. The van der Waals surface area contributed by atoms with Crippen molar-refractivity contribution in [2.75, 3.05) is 5.73 Å². The molecule has 0 fully saturated rings. The van der Waals surface area contributed by atoms with Crippen LogP contribution in [0, 0.1) is 0 Å². The summed E-state index contributed by atoms with van der Waals surface area (Å²) >= 11 is 3.46. The molecule has 1 heterocycles. The molecule has 3 rings (SSSR count). The fourth-order valence-electron chi connectivity index (χ4n) is 2.39. The molecule has 20 heavy (non-hydrogen) atoms. The summed E-state index contributed by atoms with van der Waals surface area (Å²) in [6, 6.07) is 11.5. The fourth-order valence-corrected chi connectivity index (χ4v) is 2.86. The molecule has 2 N–H and O–H groups in total. The monoisotopic (exact) mass is 333 g/mol. The van der Waals surface area contributed by atoms with E-state index in [0.29, 0.717) is 5.69 Å². The number of halogens is 1. The highest BCUT2D eigenvalue weighted by Gasteiger charge is 2.32. The second-order valence-electron chi connectivity index (χ2n) is 5.57. The fraction of sp³-hybridized carbons (Fsp3) is 0.250. The number of nitrogens with two attached hydrogens (primary N) is 1. The van der Waals surface area contributed by atoms with Crippen molar-refractivity contribution in [1.82, 2.24) is 0 Å². The first-order valence-corrected chi connectivity index (χ1v) is 7.28. The molecule has 0 bridgehead atoms. The van der Waals surface area contributed by atoms with Gasteiger partial charge in [-0.05, 0) is 54.0 Å². The topological polar surface area (TPSA) is 44.5 Å². The Hall–Kier alpha value is -1.68. The average Bonchev–Trinajstić information content (AvgIpc) is 2.67. The van der Waals surface area contributed by atoms with Crippen LogP contribution in [0.5, 0.6) is 17.2 Å². The predicted octanol–water partition coefficient (Wildman–Crippen LogP) is 4.54. The van der Waals surface area contributed by atoms with Gasteiger partial charge in [0.2, 0.25) is 0 Å². The number of fused-ring (bicyclic) bond motifs is 1. The van der Waals surface area contributed by atoms with Gasteiger partial charge < -0.3 is 15.2 Å². The Balaban J connectivity index is 1.95. The number of ether oxygens (including phenoxy) is 2. The van der Waals surface area contributed by atoms with Gasteiger partial charge in [0.25, 0.3) is 0 Å². The van der Waals surface area contributed by atoms with Crippen molar-refractivity contribution >= 4 is 21.6 Å². The van der Waals surface area contributed by atoms with E-state index >= 15 is 0 Å². The largest absolute Gasteiger partial charge is 0.483 e. The molecule has 0 unspecified atom stereocenters. The van der Waals surface area contributed by atoms with Gasteiger partial charge in [-0.1, -0.05) is 12.1 Å². The molecule has 1 aliphatic heterocycles. The molecule has 0 aromatic heterocycles. The van der Waals surface area contributed by atoms with E-state index in [1.165, 1.54) is 5.56 Å². The standard InChI is InChI=1S/C16H16BrNO2/c1-16(2)9-10-4-3-5-14(15(10)20-16)19-13-7-6-11(18)8-12(13)17/h3-8H,9,18H2,1-2H3. The first kappa shape index (κ1) is 13.3. The molecule has 0 spiro atoms. The molecular formula is C16H16BrNO2. The maximum atomic E-state index is 6.00. The zero-order chi connectivity index (χ0) is 14.3. The Morgan fingerprint density at radius 3 is 2.75 bits per heavy atom. The number of benzene rings is 2. The highest BCUT2D eigenvalue weighted by molar-refractivity contribution is 9.10. The molecule has 4 heteroatoms. The van der Waals surface area contributed by atoms with E-state index in [9.17, 15) is 0 Å². The Bertz CT molecular complexity index is 668. The smallest absolute Gasteiger partial charge is 0.169 e. The van der Waals surface area contributed by atoms with Crippen LogP contribution in [0.1, 0.15) is 19.4 Å². The molecule has 2 aromatic carbocycles. The van der Waals surface area contributed by atoms with E-state index < -0.39 is 0 Å². The second kappa shape index (κ2) is 4.70. The summed E-state index contributed by atoms with van der Waals surface area (Å²) < 4.78 is 12.8. The summed E-state index contributed by atoms with van der Waals surface area (Å²) in [6.45, 7) is 4.16. The summed E-state index contributed by atoms with van der Waals surface area (Å²) in [5.74, 6) is 2.29. The lowest BCUT2D eigenvalue weighted by atomic mass is 10.0. The van der Waals surface area contributed by atoms with E-state index in [-0.39, 0.29) is 5.60 Å². The van der Waals surface area contributed by atoms with Gasteiger partial charge in [0.15, 0.2) is 11.5 Å². The first-order valence-electron chi connectivity index (χ1n) is 6.48. The van der Waals surface area contributed by atoms with Crippen LogP contribution in [0.25, 0.3) is 0 Å². The number of rotatable bonds is 2. The molecule has 0 amide bonds. The lowest BCUT2D eigenvalue weighted by Gasteiger charge is -2.18. The minimum atomic E-state index is -0.180. The Morgan fingerprint density at radius 2 is 2.00 bits per heavy atom. The lowest BCUT2D eigenvalue weighted by molar-refractivity contribution is 0.135. The highest BCUT2D eigenvalue weighted by Crippen LogP contribution is 2.44. The number of anilines is 1. The number of hydrogen-bond donors (Lipinski definition) is 1. The SMILES string of the molecule is CC1(C)Cc2cccc(Oc3ccc(N)cc3Br)c2O1. The van der Waals surface area contributed by atoms with Crippen LogP contribution in [-0.4, -0.2) is 5.60 Å². The Morgan fingerprint density at radius 1 is 1.20 bits per heavy atom. The summed E-state index contributed by atoms with van der Waals surface area (Å²) in [5.41, 5.74) is 7.43. The van der Waals surface area contributed by atoms with Crippen LogP contribution < -0.4 is 15.2 Å². The van der Waals surface area contributed by atoms with Crippen LogP contribution in [-0.2, 0) is 6.42 Å². The van der Waals surface area contributed by atoms with Crippen molar-refractivity contribution < 1.29 is 9.47 Å². The van der Waals surface area contributed by atoms with E-state index in [0.717, 1.165) is 28.1 Å². The quantitative estimate of drug-likeness (QED) is 0.820. The third-order valence-corrected chi connectivity index (χ3v) is 3.85. The molecule has 1 aliphatic rings. The van der Waals surface area contributed by atoms with E-state index in [1.807, 2.05) is 30.3 Å².